The molecule has 1 aromatic heterocycles. The van der Waals surface area contributed by atoms with Crippen LogP contribution in [0.15, 0.2) is 40.2 Å². The summed E-state index contributed by atoms with van der Waals surface area (Å²) < 4.78 is 14.5. The lowest BCUT2D eigenvalue weighted by molar-refractivity contribution is 0.0625. The van der Waals surface area contributed by atoms with Gasteiger partial charge in [0.2, 0.25) is 0 Å². The third kappa shape index (κ3) is 3.56. The van der Waals surface area contributed by atoms with Crippen LogP contribution in [0.25, 0.3) is 0 Å². The molecule has 0 atom stereocenters. The van der Waals surface area contributed by atoms with E-state index in [9.17, 15) is 9.18 Å². The maximum atomic E-state index is 13.9. The number of benzene rings is 1. The number of hydrogen-bond acceptors (Lipinski definition) is 3. The number of thiophene rings is 1. The summed E-state index contributed by atoms with van der Waals surface area (Å²) in [4.78, 5) is 17.8. The zero-order valence-corrected chi connectivity index (χ0v) is 14.4. The van der Waals surface area contributed by atoms with Crippen molar-refractivity contribution in [3.63, 3.8) is 0 Å². The average Bonchev–Trinajstić information content (AvgIpc) is 3.00. The molecule has 2 aromatic rings. The molecule has 0 unspecified atom stereocenters. The van der Waals surface area contributed by atoms with Crippen molar-refractivity contribution in [2.75, 3.05) is 26.2 Å². The van der Waals surface area contributed by atoms with Crippen LogP contribution in [0.1, 0.15) is 15.2 Å². The van der Waals surface area contributed by atoms with Crippen LogP contribution in [0, 0.1) is 5.82 Å². The van der Waals surface area contributed by atoms with Crippen LogP contribution >= 0.6 is 27.3 Å². The van der Waals surface area contributed by atoms with E-state index in [2.05, 4.69) is 38.3 Å². The second-order valence-corrected chi connectivity index (χ2v) is 7.22. The second kappa shape index (κ2) is 6.89. The van der Waals surface area contributed by atoms with Crippen LogP contribution in [0.2, 0.25) is 0 Å². The van der Waals surface area contributed by atoms with Gasteiger partial charge in [-0.1, -0.05) is 22.0 Å². The van der Waals surface area contributed by atoms with Gasteiger partial charge >= 0.3 is 0 Å². The van der Waals surface area contributed by atoms with E-state index in [4.69, 9.17) is 0 Å². The molecule has 1 saturated heterocycles. The van der Waals surface area contributed by atoms with E-state index in [1.54, 1.807) is 28.4 Å². The van der Waals surface area contributed by atoms with E-state index in [1.807, 2.05) is 0 Å². The first-order chi connectivity index (χ1) is 10.6. The zero-order chi connectivity index (χ0) is 15.5. The molecule has 0 spiro atoms. The number of piperazine rings is 1. The van der Waals surface area contributed by atoms with Crippen molar-refractivity contribution in [3.8, 4) is 0 Å². The summed E-state index contributed by atoms with van der Waals surface area (Å²) in [5.74, 6) is -0.693. The number of carbonyl (C=O) groups is 1. The Bertz CT molecular complexity index is 654. The molecule has 3 nitrogen and oxygen atoms in total. The molecule has 0 aliphatic carbocycles. The predicted molar refractivity (Wildman–Crippen MR) is 89.6 cm³/mol. The van der Waals surface area contributed by atoms with E-state index in [1.165, 1.54) is 10.9 Å². The summed E-state index contributed by atoms with van der Waals surface area (Å²) in [6, 6.07) is 8.75. The first-order valence-corrected chi connectivity index (χ1v) is 8.80. The van der Waals surface area contributed by atoms with Crippen LogP contribution in [-0.2, 0) is 6.54 Å². The van der Waals surface area contributed by atoms with Gasteiger partial charge in [-0.05, 0) is 29.6 Å². The summed E-state index contributed by atoms with van der Waals surface area (Å²) >= 11 is 4.95. The number of nitrogens with zero attached hydrogens (tertiary/aromatic N) is 2. The zero-order valence-electron chi connectivity index (χ0n) is 12.0. The van der Waals surface area contributed by atoms with E-state index in [0.29, 0.717) is 17.6 Å². The highest BCUT2D eigenvalue weighted by Crippen LogP contribution is 2.18. The van der Waals surface area contributed by atoms with Crippen LogP contribution in [0.5, 0.6) is 0 Å². The third-order valence-corrected chi connectivity index (χ3v) is 5.13. The quantitative estimate of drug-likeness (QED) is 0.809. The number of halogens is 2. The van der Waals surface area contributed by atoms with Gasteiger partial charge in [-0.2, -0.15) is 0 Å². The fraction of sp³-hybridized carbons (Fsp3) is 0.312. The van der Waals surface area contributed by atoms with Gasteiger partial charge in [0.05, 0.1) is 5.56 Å². The van der Waals surface area contributed by atoms with Crippen molar-refractivity contribution in [1.82, 2.24) is 9.80 Å². The topological polar surface area (TPSA) is 23.6 Å². The molecule has 22 heavy (non-hydrogen) atoms. The molecular weight excluding hydrogens is 367 g/mol. The largest absolute Gasteiger partial charge is 0.336 e. The van der Waals surface area contributed by atoms with Crippen LogP contribution < -0.4 is 0 Å². The van der Waals surface area contributed by atoms with Crippen molar-refractivity contribution >= 4 is 33.2 Å². The molecule has 1 aromatic carbocycles. The minimum absolute atomic E-state index is 0.148. The molecule has 1 aliphatic rings. The Morgan fingerprint density at radius 2 is 2.00 bits per heavy atom. The van der Waals surface area contributed by atoms with Crippen molar-refractivity contribution in [1.29, 1.82) is 0 Å². The van der Waals surface area contributed by atoms with Crippen molar-refractivity contribution in [2.24, 2.45) is 0 Å². The lowest BCUT2D eigenvalue weighted by Gasteiger charge is -2.34. The normalized spacial score (nSPS) is 16.0. The molecular formula is C16H16BrFN2OS. The molecule has 1 aliphatic heterocycles. The molecule has 1 amide bonds. The first-order valence-electron chi connectivity index (χ1n) is 7.12. The number of amides is 1. The first kappa shape index (κ1) is 15.6. The van der Waals surface area contributed by atoms with E-state index >= 15 is 0 Å². The van der Waals surface area contributed by atoms with E-state index in [-0.39, 0.29) is 11.5 Å². The SMILES string of the molecule is O=C(c1ccc(Br)cc1F)N1CCN(Cc2cccs2)CC1. The van der Waals surface area contributed by atoms with Crippen molar-refractivity contribution in [3.05, 3.63) is 56.4 Å². The minimum atomic E-state index is -0.472. The standard InChI is InChI=1S/C16H16BrFN2OS/c17-12-3-4-14(15(18)10-12)16(21)20-7-5-19(6-8-20)11-13-2-1-9-22-13/h1-4,9-10H,5-8,11H2. The van der Waals surface area contributed by atoms with Gasteiger partial charge in [-0.15, -0.1) is 11.3 Å². The average molecular weight is 383 g/mol. The fourth-order valence-electron chi connectivity index (χ4n) is 2.57. The van der Waals surface area contributed by atoms with E-state index < -0.39 is 5.82 Å². The van der Waals surface area contributed by atoms with Gasteiger partial charge in [-0.25, -0.2) is 4.39 Å². The van der Waals surface area contributed by atoms with Gasteiger partial charge in [0.15, 0.2) is 0 Å². The lowest BCUT2D eigenvalue weighted by atomic mass is 10.1. The molecule has 116 valence electrons. The Morgan fingerprint density at radius 1 is 1.23 bits per heavy atom. The Hall–Kier alpha value is -1.24. The lowest BCUT2D eigenvalue weighted by Crippen LogP contribution is -2.48. The molecule has 1 fully saturated rings. The highest BCUT2D eigenvalue weighted by atomic mass is 79.9. The van der Waals surface area contributed by atoms with Crippen molar-refractivity contribution in [2.45, 2.75) is 6.54 Å². The maximum Gasteiger partial charge on any atom is 0.256 e. The molecule has 0 radical (unpaired) electrons. The van der Waals surface area contributed by atoms with Crippen LogP contribution in [0.3, 0.4) is 0 Å². The highest BCUT2D eigenvalue weighted by molar-refractivity contribution is 9.10. The Morgan fingerprint density at radius 3 is 2.64 bits per heavy atom. The van der Waals surface area contributed by atoms with Crippen LogP contribution in [-0.4, -0.2) is 41.9 Å². The summed E-state index contributed by atoms with van der Waals surface area (Å²) in [6.45, 7) is 3.84. The van der Waals surface area contributed by atoms with Gasteiger partial charge in [0.1, 0.15) is 5.82 Å². The van der Waals surface area contributed by atoms with Gasteiger partial charge in [0, 0.05) is 42.1 Å². The Balaban J connectivity index is 1.60. The van der Waals surface area contributed by atoms with Gasteiger partial charge in [-0.3, -0.25) is 9.69 Å². The van der Waals surface area contributed by atoms with E-state index in [0.717, 1.165) is 19.6 Å². The van der Waals surface area contributed by atoms with Crippen LogP contribution in [0.4, 0.5) is 4.39 Å². The van der Waals surface area contributed by atoms with Gasteiger partial charge in [0.25, 0.3) is 5.91 Å². The van der Waals surface area contributed by atoms with Crippen molar-refractivity contribution < 1.29 is 9.18 Å². The monoisotopic (exact) mass is 382 g/mol. The summed E-state index contributed by atoms with van der Waals surface area (Å²) in [7, 11) is 0. The fourth-order valence-corrected chi connectivity index (χ4v) is 3.64. The summed E-state index contributed by atoms with van der Waals surface area (Å²) in [5.41, 5.74) is 0.148. The third-order valence-electron chi connectivity index (χ3n) is 3.78. The number of carbonyl (C=O) groups excluding carboxylic acids is 1. The summed E-state index contributed by atoms with van der Waals surface area (Å²) in [6.07, 6.45) is 0. The number of hydrogen-bond donors (Lipinski definition) is 0. The second-order valence-electron chi connectivity index (χ2n) is 5.27. The Labute approximate surface area is 141 Å². The Kier molecular flexibility index (Phi) is 4.90. The predicted octanol–water partition coefficient (Wildman–Crippen LogP) is 3.61. The molecule has 0 saturated carbocycles. The van der Waals surface area contributed by atoms with Gasteiger partial charge < -0.3 is 4.90 Å². The molecule has 3 rings (SSSR count). The number of rotatable bonds is 3. The molecule has 2 heterocycles. The minimum Gasteiger partial charge on any atom is -0.336 e. The maximum absolute atomic E-state index is 13.9. The summed E-state index contributed by atoms with van der Waals surface area (Å²) in [5, 5.41) is 2.07. The smallest absolute Gasteiger partial charge is 0.256 e. The highest BCUT2D eigenvalue weighted by Gasteiger charge is 2.24. The molecule has 0 N–H and O–H groups in total. The molecule has 6 heteroatoms. The molecule has 0 bridgehead atoms.